The summed E-state index contributed by atoms with van der Waals surface area (Å²) in [7, 11) is 1.76. The summed E-state index contributed by atoms with van der Waals surface area (Å²) < 4.78 is 13.7. The summed E-state index contributed by atoms with van der Waals surface area (Å²) in [5.41, 5.74) is 1.76. The van der Waals surface area contributed by atoms with E-state index in [0.29, 0.717) is 11.1 Å². The average Bonchev–Trinajstić information content (AvgIpc) is 2.47. The van der Waals surface area contributed by atoms with Gasteiger partial charge in [0.05, 0.1) is 11.6 Å². The van der Waals surface area contributed by atoms with Crippen LogP contribution in [0.25, 0.3) is 0 Å². The number of carbonyl (C=O) groups is 1. The Kier molecular flexibility index (Phi) is 4.35. The predicted octanol–water partition coefficient (Wildman–Crippen LogP) is 3.36. The van der Waals surface area contributed by atoms with E-state index in [9.17, 15) is 9.18 Å². The molecule has 4 heteroatoms. The van der Waals surface area contributed by atoms with Gasteiger partial charge in [-0.15, -0.1) is 0 Å². The summed E-state index contributed by atoms with van der Waals surface area (Å²) >= 11 is 0. The minimum Gasteiger partial charge on any atom is -0.387 e. The van der Waals surface area contributed by atoms with Crippen LogP contribution in [0.3, 0.4) is 0 Å². The van der Waals surface area contributed by atoms with E-state index < -0.39 is 6.04 Å². The lowest BCUT2D eigenvalue weighted by Crippen LogP contribution is -2.27. The largest absolute Gasteiger partial charge is 0.387 e. The predicted molar refractivity (Wildman–Crippen MR) is 78.3 cm³/mol. The summed E-state index contributed by atoms with van der Waals surface area (Å²) in [6, 6.07) is 13.2. The highest BCUT2D eigenvalue weighted by atomic mass is 19.1. The minimum atomic E-state index is -0.395. The Morgan fingerprint density at radius 2 is 1.75 bits per heavy atom. The lowest BCUT2D eigenvalue weighted by atomic mass is 10.1. The summed E-state index contributed by atoms with van der Waals surface area (Å²) in [5, 5.41) is 5.78. The van der Waals surface area contributed by atoms with Crippen LogP contribution in [0.2, 0.25) is 0 Å². The second kappa shape index (κ2) is 6.19. The number of nitrogens with one attached hydrogen (secondary N) is 2. The molecule has 20 heavy (non-hydrogen) atoms. The van der Waals surface area contributed by atoms with Gasteiger partial charge in [0.2, 0.25) is 0 Å². The number of halogens is 1. The van der Waals surface area contributed by atoms with Crippen LogP contribution < -0.4 is 10.6 Å². The van der Waals surface area contributed by atoms with Crippen LogP contribution in [-0.4, -0.2) is 13.0 Å². The molecule has 0 radical (unpaired) electrons. The molecule has 0 saturated carbocycles. The monoisotopic (exact) mass is 272 g/mol. The van der Waals surface area contributed by atoms with Crippen LogP contribution in [0.5, 0.6) is 0 Å². The number of anilines is 1. The lowest BCUT2D eigenvalue weighted by Gasteiger charge is -2.16. The maximum Gasteiger partial charge on any atom is 0.253 e. The Labute approximate surface area is 117 Å². The molecule has 0 aliphatic carbocycles. The van der Waals surface area contributed by atoms with Crippen LogP contribution in [0.15, 0.2) is 48.5 Å². The quantitative estimate of drug-likeness (QED) is 0.896. The smallest absolute Gasteiger partial charge is 0.253 e. The summed E-state index contributed by atoms with van der Waals surface area (Å²) in [5.74, 6) is -0.548. The van der Waals surface area contributed by atoms with E-state index in [-0.39, 0.29) is 11.7 Å². The van der Waals surface area contributed by atoms with Gasteiger partial charge < -0.3 is 10.6 Å². The highest BCUT2D eigenvalue weighted by molar-refractivity contribution is 5.99. The molecule has 2 aromatic carbocycles. The van der Waals surface area contributed by atoms with Crippen LogP contribution in [0.1, 0.15) is 28.9 Å². The third-order valence-corrected chi connectivity index (χ3v) is 3.16. The zero-order valence-corrected chi connectivity index (χ0v) is 11.5. The molecule has 2 rings (SSSR count). The van der Waals surface area contributed by atoms with E-state index in [1.807, 2.05) is 12.1 Å². The van der Waals surface area contributed by atoms with Crippen molar-refractivity contribution in [1.29, 1.82) is 0 Å². The van der Waals surface area contributed by atoms with Gasteiger partial charge in [0.15, 0.2) is 0 Å². The van der Waals surface area contributed by atoms with Gasteiger partial charge in [-0.25, -0.2) is 4.39 Å². The normalized spacial score (nSPS) is 11.8. The van der Waals surface area contributed by atoms with E-state index in [4.69, 9.17) is 0 Å². The molecule has 0 spiro atoms. The van der Waals surface area contributed by atoms with E-state index >= 15 is 0 Å². The average molecular weight is 272 g/mol. The molecule has 1 amide bonds. The molecule has 3 nitrogen and oxygen atoms in total. The Morgan fingerprint density at radius 1 is 1.10 bits per heavy atom. The second-order valence-corrected chi connectivity index (χ2v) is 4.51. The standard InChI is InChI=1S/C16H17FN2O/c1-11(12-7-3-5-9-14(12)17)19-16(20)13-8-4-6-10-15(13)18-2/h3-11,18H,1-2H3,(H,19,20). The Morgan fingerprint density at radius 3 is 2.45 bits per heavy atom. The molecule has 0 fully saturated rings. The lowest BCUT2D eigenvalue weighted by molar-refractivity contribution is 0.0940. The molecule has 1 atom stereocenters. The van der Waals surface area contributed by atoms with Crippen LogP contribution >= 0.6 is 0 Å². The summed E-state index contributed by atoms with van der Waals surface area (Å²) in [6.45, 7) is 1.76. The van der Waals surface area contributed by atoms with Crippen molar-refractivity contribution in [2.75, 3.05) is 12.4 Å². The van der Waals surface area contributed by atoms with Gasteiger partial charge in [0.25, 0.3) is 5.91 Å². The Balaban J connectivity index is 2.18. The molecule has 0 bridgehead atoms. The molecular formula is C16H17FN2O. The van der Waals surface area contributed by atoms with Crippen molar-refractivity contribution in [3.05, 3.63) is 65.5 Å². The molecule has 104 valence electrons. The number of para-hydroxylation sites is 1. The molecule has 2 N–H and O–H groups in total. The molecular weight excluding hydrogens is 255 g/mol. The third kappa shape index (κ3) is 2.96. The fourth-order valence-corrected chi connectivity index (χ4v) is 2.08. The van der Waals surface area contributed by atoms with E-state index in [1.54, 1.807) is 44.3 Å². The van der Waals surface area contributed by atoms with Gasteiger partial charge in [-0.2, -0.15) is 0 Å². The van der Waals surface area contributed by atoms with Gasteiger partial charge in [-0.05, 0) is 25.1 Å². The maximum atomic E-state index is 13.7. The highest BCUT2D eigenvalue weighted by Crippen LogP contribution is 2.19. The van der Waals surface area contributed by atoms with Crippen molar-refractivity contribution in [2.45, 2.75) is 13.0 Å². The van der Waals surface area contributed by atoms with Crippen molar-refractivity contribution in [2.24, 2.45) is 0 Å². The zero-order valence-electron chi connectivity index (χ0n) is 11.5. The number of hydrogen-bond acceptors (Lipinski definition) is 2. The van der Waals surface area contributed by atoms with Crippen molar-refractivity contribution in [3.8, 4) is 0 Å². The van der Waals surface area contributed by atoms with Crippen molar-refractivity contribution >= 4 is 11.6 Å². The van der Waals surface area contributed by atoms with Crippen molar-refractivity contribution in [3.63, 3.8) is 0 Å². The molecule has 0 aliphatic rings. The van der Waals surface area contributed by atoms with Crippen LogP contribution in [0.4, 0.5) is 10.1 Å². The highest BCUT2D eigenvalue weighted by Gasteiger charge is 2.16. The van der Waals surface area contributed by atoms with E-state index in [2.05, 4.69) is 10.6 Å². The second-order valence-electron chi connectivity index (χ2n) is 4.51. The molecule has 1 unspecified atom stereocenters. The molecule has 2 aromatic rings. The summed E-state index contributed by atoms with van der Waals surface area (Å²) in [4.78, 5) is 12.2. The first-order valence-corrected chi connectivity index (χ1v) is 6.45. The van der Waals surface area contributed by atoms with Gasteiger partial charge in [0.1, 0.15) is 5.82 Å². The third-order valence-electron chi connectivity index (χ3n) is 3.16. The van der Waals surface area contributed by atoms with Crippen molar-refractivity contribution in [1.82, 2.24) is 5.32 Å². The fraction of sp³-hybridized carbons (Fsp3) is 0.188. The SMILES string of the molecule is CNc1ccccc1C(=O)NC(C)c1ccccc1F. The van der Waals surface area contributed by atoms with E-state index in [1.165, 1.54) is 6.07 Å². The van der Waals surface area contributed by atoms with Gasteiger partial charge in [-0.1, -0.05) is 30.3 Å². The first-order chi connectivity index (χ1) is 9.63. The summed E-state index contributed by atoms with van der Waals surface area (Å²) in [6.07, 6.45) is 0. The zero-order chi connectivity index (χ0) is 14.5. The van der Waals surface area contributed by atoms with Gasteiger partial charge in [0, 0.05) is 18.3 Å². The minimum absolute atomic E-state index is 0.231. The number of hydrogen-bond donors (Lipinski definition) is 2. The van der Waals surface area contributed by atoms with Crippen LogP contribution in [-0.2, 0) is 0 Å². The number of rotatable bonds is 4. The number of carbonyl (C=O) groups excluding carboxylic acids is 1. The van der Waals surface area contributed by atoms with Crippen molar-refractivity contribution < 1.29 is 9.18 Å². The molecule has 0 aromatic heterocycles. The molecule has 0 heterocycles. The Hall–Kier alpha value is -2.36. The van der Waals surface area contributed by atoms with Gasteiger partial charge >= 0.3 is 0 Å². The maximum absolute atomic E-state index is 13.7. The van der Waals surface area contributed by atoms with E-state index in [0.717, 1.165) is 5.69 Å². The number of amides is 1. The molecule has 0 aliphatic heterocycles. The fourth-order valence-electron chi connectivity index (χ4n) is 2.08. The van der Waals surface area contributed by atoms with Crippen LogP contribution in [0, 0.1) is 5.82 Å². The van der Waals surface area contributed by atoms with Gasteiger partial charge in [-0.3, -0.25) is 4.79 Å². The molecule has 0 saturated heterocycles. The first-order valence-electron chi connectivity index (χ1n) is 6.45. The first kappa shape index (κ1) is 14.1. The topological polar surface area (TPSA) is 41.1 Å². The number of benzene rings is 2. The Bertz CT molecular complexity index is 613.